The average Bonchev–Trinajstić information content (AvgIpc) is 2.29. The van der Waals surface area contributed by atoms with Crippen molar-refractivity contribution in [3.63, 3.8) is 0 Å². The van der Waals surface area contributed by atoms with Crippen molar-refractivity contribution in [3.8, 4) is 5.75 Å². The Hall–Kier alpha value is -2.08. The van der Waals surface area contributed by atoms with E-state index in [1.807, 2.05) is 0 Å². The molecule has 0 saturated heterocycles. The van der Waals surface area contributed by atoms with Gasteiger partial charge in [-0.2, -0.15) is 0 Å². The number of carboxylic acid groups (broad SMARTS) is 1. The second-order valence-corrected chi connectivity index (χ2v) is 4.29. The molecule has 0 radical (unpaired) electrons. The second-order valence-electron chi connectivity index (χ2n) is 4.29. The molecular formula is C12H16N2O4. The maximum atomic E-state index is 11.7. The van der Waals surface area contributed by atoms with Crippen molar-refractivity contribution >= 4 is 17.6 Å². The number of phenols is 1. The number of phenolic OH excluding ortho intramolecular Hbond substituents is 1. The van der Waals surface area contributed by atoms with Gasteiger partial charge in [0.25, 0.3) is 0 Å². The average molecular weight is 252 g/mol. The Morgan fingerprint density at radius 1 is 1.33 bits per heavy atom. The zero-order chi connectivity index (χ0) is 13.9. The van der Waals surface area contributed by atoms with Crippen LogP contribution in [0.1, 0.15) is 24.2 Å². The lowest BCUT2D eigenvalue weighted by atomic mass is 10.0. The molecule has 6 heteroatoms. The Labute approximate surface area is 104 Å². The molecule has 5 N–H and O–H groups in total. The van der Waals surface area contributed by atoms with E-state index in [2.05, 4.69) is 5.32 Å². The Balaban J connectivity index is 2.98. The molecule has 1 aromatic carbocycles. The molecule has 0 bridgehead atoms. The number of anilines is 1. The van der Waals surface area contributed by atoms with Crippen molar-refractivity contribution < 1.29 is 19.8 Å². The number of amides is 1. The topological polar surface area (TPSA) is 113 Å². The maximum absolute atomic E-state index is 11.7. The van der Waals surface area contributed by atoms with E-state index in [1.54, 1.807) is 13.8 Å². The van der Waals surface area contributed by atoms with Gasteiger partial charge in [-0.25, -0.2) is 4.79 Å². The number of carboxylic acids is 1. The third-order valence-corrected chi connectivity index (χ3v) is 2.51. The number of hydrogen-bond acceptors (Lipinski definition) is 4. The van der Waals surface area contributed by atoms with E-state index < -0.39 is 17.9 Å². The maximum Gasteiger partial charge on any atom is 0.337 e. The minimum atomic E-state index is -1.24. The van der Waals surface area contributed by atoms with E-state index in [9.17, 15) is 14.7 Å². The number of aromatic hydroxyl groups is 1. The Kier molecular flexibility index (Phi) is 4.28. The molecule has 0 saturated carbocycles. The predicted molar refractivity (Wildman–Crippen MR) is 66.5 cm³/mol. The molecule has 0 heterocycles. The summed E-state index contributed by atoms with van der Waals surface area (Å²) in [4.78, 5) is 22.7. The smallest absolute Gasteiger partial charge is 0.337 e. The highest BCUT2D eigenvalue weighted by Crippen LogP contribution is 2.21. The van der Waals surface area contributed by atoms with Gasteiger partial charge >= 0.3 is 5.97 Å². The van der Waals surface area contributed by atoms with Gasteiger partial charge in [0.05, 0.1) is 17.3 Å². The number of carbonyl (C=O) groups is 2. The van der Waals surface area contributed by atoms with E-state index in [0.29, 0.717) is 0 Å². The van der Waals surface area contributed by atoms with E-state index in [-0.39, 0.29) is 22.9 Å². The molecule has 1 aromatic rings. The van der Waals surface area contributed by atoms with Crippen molar-refractivity contribution in [1.29, 1.82) is 0 Å². The van der Waals surface area contributed by atoms with Crippen LogP contribution in [-0.4, -0.2) is 28.1 Å². The van der Waals surface area contributed by atoms with Crippen LogP contribution in [0.5, 0.6) is 5.75 Å². The number of carbonyl (C=O) groups excluding carboxylic acids is 1. The molecule has 0 aromatic heterocycles. The first-order valence-electron chi connectivity index (χ1n) is 5.45. The predicted octanol–water partition coefficient (Wildman–Crippen LogP) is 1.01. The number of nitrogens with one attached hydrogen (secondary N) is 1. The van der Waals surface area contributed by atoms with Gasteiger partial charge in [-0.05, 0) is 24.1 Å². The molecule has 0 spiro atoms. The third kappa shape index (κ3) is 3.21. The molecule has 0 aliphatic heterocycles. The van der Waals surface area contributed by atoms with Crippen molar-refractivity contribution in [2.24, 2.45) is 11.7 Å². The fraction of sp³-hybridized carbons (Fsp3) is 0.333. The molecule has 0 unspecified atom stereocenters. The van der Waals surface area contributed by atoms with Crippen LogP contribution in [0.3, 0.4) is 0 Å². The molecular weight excluding hydrogens is 236 g/mol. The summed E-state index contributed by atoms with van der Waals surface area (Å²) in [5.74, 6) is -1.94. The molecule has 6 nitrogen and oxygen atoms in total. The van der Waals surface area contributed by atoms with Crippen molar-refractivity contribution in [2.45, 2.75) is 19.9 Å². The lowest BCUT2D eigenvalue weighted by Gasteiger charge is -2.16. The summed E-state index contributed by atoms with van der Waals surface area (Å²) < 4.78 is 0. The van der Waals surface area contributed by atoms with Crippen molar-refractivity contribution in [1.82, 2.24) is 0 Å². The molecule has 1 atom stereocenters. The lowest BCUT2D eigenvalue weighted by molar-refractivity contribution is -0.118. The van der Waals surface area contributed by atoms with E-state index in [1.165, 1.54) is 12.1 Å². The molecule has 0 fully saturated rings. The van der Waals surface area contributed by atoms with Crippen LogP contribution in [0.2, 0.25) is 0 Å². The summed E-state index contributed by atoms with van der Waals surface area (Å²) >= 11 is 0. The highest BCUT2D eigenvalue weighted by molar-refractivity contribution is 6.02. The summed E-state index contributed by atoms with van der Waals surface area (Å²) in [6.07, 6.45) is 0. The van der Waals surface area contributed by atoms with Crippen molar-refractivity contribution in [3.05, 3.63) is 23.8 Å². The van der Waals surface area contributed by atoms with Gasteiger partial charge in [0.15, 0.2) is 0 Å². The third-order valence-electron chi connectivity index (χ3n) is 2.51. The first-order chi connectivity index (χ1) is 8.32. The van der Waals surface area contributed by atoms with Gasteiger partial charge in [0.1, 0.15) is 5.75 Å². The zero-order valence-electron chi connectivity index (χ0n) is 10.2. The quantitative estimate of drug-likeness (QED) is 0.597. The fourth-order valence-electron chi connectivity index (χ4n) is 1.34. The van der Waals surface area contributed by atoms with Crippen molar-refractivity contribution in [2.75, 3.05) is 5.32 Å². The minimum absolute atomic E-state index is 0.0598. The monoisotopic (exact) mass is 252 g/mol. The standard InChI is InChI=1S/C12H16N2O4/c1-6(2)10(13)11(16)14-9-4-3-7(15)5-8(9)12(17)18/h3-6,10,15H,13H2,1-2H3,(H,14,16)(H,17,18)/t10-/m1/s1. The van der Waals surface area contributed by atoms with Crippen LogP contribution in [0.15, 0.2) is 18.2 Å². The van der Waals surface area contributed by atoms with E-state index in [4.69, 9.17) is 10.8 Å². The molecule has 1 amide bonds. The van der Waals surface area contributed by atoms with Gasteiger partial charge in [0.2, 0.25) is 5.91 Å². The number of hydrogen-bond donors (Lipinski definition) is 4. The van der Waals surface area contributed by atoms with Gasteiger partial charge in [-0.3, -0.25) is 4.79 Å². The zero-order valence-corrected chi connectivity index (χ0v) is 10.2. The molecule has 18 heavy (non-hydrogen) atoms. The summed E-state index contributed by atoms with van der Waals surface area (Å²) in [7, 11) is 0. The number of nitrogens with two attached hydrogens (primary N) is 1. The SMILES string of the molecule is CC(C)[C@@H](N)C(=O)Nc1ccc(O)cc1C(=O)O. The van der Waals surface area contributed by atoms with Crippen LogP contribution in [-0.2, 0) is 4.79 Å². The molecule has 0 aliphatic rings. The second kappa shape index (κ2) is 5.50. The van der Waals surface area contributed by atoms with Gasteiger partial charge in [-0.15, -0.1) is 0 Å². The molecule has 1 rings (SSSR count). The highest BCUT2D eigenvalue weighted by atomic mass is 16.4. The Morgan fingerprint density at radius 3 is 2.44 bits per heavy atom. The first kappa shape index (κ1) is 14.0. The Morgan fingerprint density at radius 2 is 1.94 bits per heavy atom. The van der Waals surface area contributed by atoms with Crippen LogP contribution in [0.25, 0.3) is 0 Å². The molecule has 98 valence electrons. The summed E-state index contributed by atoms with van der Waals surface area (Å²) in [5.41, 5.74) is 5.59. The van der Waals surface area contributed by atoms with Crippen LogP contribution in [0, 0.1) is 5.92 Å². The number of rotatable bonds is 4. The van der Waals surface area contributed by atoms with Crippen LogP contribution < -0.4 is 11.1 Å². The van der Waals surface area contributed by atoms with Crippen LogP contribution >= 0.6 is 0 Å². The Bertz CT molecular complexity index is 471. The lowest BCUT2D eigenvalue weighted by Crippen LogP contribution is -2.40. The summed E-state index contributed by atoms with van der Waals surface area (Å²) in [5, 5.41) is 20.6. The summed E-state index contributed by atoms with van der Waals surface area (Å²) in [6.45, 7) is 3.58. The highest BCUT2D eigenvalue weighted by Gasteiger charge is 2.20. The number of aromatic carboxylic acids is 1. The fourth-order valence-corrected chi connectivity index (χ4v) is 1.34. The van der Waals surface area contributed by atoms with Gasteiger partial charge in [0, 0.05) is 0 Å². The minimum Gasteiger partial charge on any atom is -0.508 e. The summed E-state index contributed by atoms with van der Waals surface area (Å²) in [6, 6.07) is 2.96. The van der Waals surface area contributed by atoms with Gasteiger partial charge in [-0.1, -0.05) is 13.8 Å². The normalized spacial score (nSPS) is 12.2. The van der Waals surface area contributed by atoms with Gasteiger partial charge < -0.3 is 21.3 Å². The van der Waals surface area contributed by atoms with E-state index >= 15 is 0 Å². The van der Waals surface area contributed by atoms with E-state index in [0.717, 1.165) is 6.07 Å². The first-order valence-corrected chi connectivity index (χ1v) is 5.45. The molecule has 0 aliphatic carbocycles. The largest absolute Gasteiger partial charge is 0.508 e. The van der Waals surface area contributed by atoms with Crippen LogP contribution in [0.4, 0.5) is 5.69 Å². The number of benzene rings is 1.